The molecule has 0 bridgehead atoms. The third-order valence-corrected chi connectivity index (χ3v) is 5.09. The van der Waals surface area contributed by atoms with Crippen LogP contribution in [0.25, 0.3) is 16.7 Å². The molecule has 1 aliphatic carbocycles. The van der Waals surface area contributed by atoms with E-state index in [-0.39, 0.29) is 11.8 Å². The van der Waals surface area contributed by atoms with Crippen LogP contribution in [0.3, 0.4) is 0 Å². The molecule has 4 aromatic heterocycles. The molecule has 0 aromatic carbocycles. The average Bonchev–Trinajstić information content (AvgIpc) is 3.10. The lowest BCUT2D eigenvalue weighted by Crippen LogP contribution is -2.17. The second-order valence-corrected chi connectivity index (χ2v) is 7.16. The summed E-state index contributed by atoms with van der Waals surface area (Å²) >= 11 is 6.11. The molecule has 1 unspecified atom stereocenters. The lowest BCUT2D eigenvalue weighted by molar-refractivity contribution is -0.139. The minimum Gasteiger partial charge on any atom is -0.323 e. The smallest absolute Gasteiger partial charge is 0.323 e. The SMILES string of the molecule is FC(F)(F)Cn1ccc2ccc(C3C[C@@H]3c3cc(Cl)nn4ccnc34)nc21. The van der Waals surface area contributed by atoms with Gasteiger partial charge in [0.1, 0.15) is 17.3 Å². The van der Waals surface area contributed by atoms with E-state index >= 15 is 0 Å². The zero-order valence-electron chi connectivity index (χ0n) is 13.9. The van der Waals surface area contributed by atoms with E-state index in [1.54, 1.807) is 29.0 Å². The Hall–Kier alpha value is -2.61. The van der Waals surface area contributed by atoms with Crippen molar-refractivity contribution < 1.29 is 13.2 Å². The zero-order valence-corrected chi connectivity index (χ0v) is 14.6. The molecule has 0 saturated heterocycles. The predicted molar refractivity (Wildman–Crippen MR) is 93.9 cm³/mol. The molecule has 5 nitrogen and oxygen atoms in total. The maximum atomic E-state index is 12.8. The van der Waals surface area contributed by atoms with Gasteiger partial charge < -0.3 is 4.57 Å². The van der Waals surface area contributed by atoms with Crippen molar-refractivity contribution in [1.82, 2.24) is 24.1 Å². The highest BCUT2D eigenvalue weighted by Gasteiger charge is 2.42. The van der Waals surface area contributed by atoms with Gasteiger partial charge in [-0.05, 0) is 36.6 Å². The Balaban J connectivity index is 1.50. The van der Waals surface area contributed by atoms with E-state index in [2.05, 4.69) is 15.1 Å². The quantitative estimate of drug-likeness (QED) is 0.514. The summed E-state index contributed by atoms with van der Waals surface area (Å²) in [5, 5.41) is 5.25. The molecule has 0 aliphatic heterocycles. The molecule has 0 amide bonds. The van der Waals surface area contributed by atoms with E-state index in [9.17, 15) is 13.2 Å². The van der Waals surface area contributed by atoms with Gasteiger partial charge in [-0.1, -0.05) is 11.6 Å². The van der Waals surface area contributed by atoms with Gasteiger partial charge in [-0.2, -0.15) is 18.3 Å². The molecule has 1 saturated carbocycles. The summed E-state index contributed by atoms with van der Waals surface area (Å²) in [6, 6.07) is 7.17. The molecule has 1 aliphatic rings. The van der Waals surface area contributed by atoms with Gasteiger partial charge in [0.25, 0.3) is 0 Å². The van der Waals surface area contributed by atoms with Crippen LogP contribution in [0, 0.1) is 0 Å². The number of imidazole rings is 1. The Kier molecular flexibility index (Phi) is 3.49. The summed E-state index contributed by atoms with van der Waals surface area (Å²) in [5.41, 5.74) is 2.87. The van der Waals surface area contributed by atoms with E-state index in [1.807, 2.05) is 12.1 Å². The number of hydrogen-bond donors (Lipinski definition) is 0. The fraction of sp³-hybridized carbons (Fsp3) is 0.278. The molecule has 5 rings (SSSR count). The molecule has 27 heavy (non-hydrogen) atoms. The third kappa shape index (κ3) is 2.93. The Morgan fingerprint density at radius 2 is 1.96 bits per heavy atom. The normalized spacial score (nSPS) is 19.9. The summed E-state index contributed by atoms with van der Waals surface area (Å²) in [6.45, 7) is -1.05. The summed E-state index contributed by atoms with van der Waals surface area (Å²) < 4.78 is 41.1. The minimum absolute atomic E-state index is 0.127. The average molecular weight is 392 g/mol. The van der Waals surface area contributed by atoms with Crippen LogP contribution >= 0.6 is 11.6 Å². The summed E-state index contributed by atoms with van der Waals surface area (Å²) in [6.07, 6.45) is 1.38. The van der Waals surface area contributed by atoms with Crippen molar-refractivity contribution in [2.24, 2.45) is 0 Å². The summed E-state index contributed by atoms with van der Waals surface area (Å²) in [5.74, 6) is 0.300. The van der Waals surface area contributed by atoms with Gasteiger partial charge in [0.2, 0.25) is 0 Å². The van der Waals surface area contributed by atoms with Crippen LogP contribution < -0.4 is 0 Å². The Bertz CT molecular complexity index is 1160. The number of halogens is 4. The van der Waals surface area contributed by atoms with Crippen LogP contribution in [-0.2, 0) is 6.54 Å². The first-order valence-corrected chi connectivity index (χ1v) is 8.79. The van der Waals surface area contributed by atoms with Gasteiger partial charge in [-0.25, -0.2) is 14.5 Å². The highest BCUT2D eigenvalue weighted by molar-refractivity contribution is 6.29. The second-order valence-electron chi connectivity index (χ2n) is 6.77. The highest BCUT2D eigenvalue weighted by atomic mass is 35.5. The number of rotatable bonds is 3. The van der Waals surface area contributed by atoms with Crippen molar-refractivity contribution in [3.63, 3.8) is 0 Å². The molecular formula is C18H13ClF3N5. The van der Waals surface area contributed by atoms with Crippen LogP contribution in [0.2, 0.25) is 5.15 Å². The van der Waals surface area contributed by atoms with Crippen molar-refractivity contribution in [2.75, 3.05) is 0 Å². The molecule has 138 valence electrons. The Morgan fingerprint density at radius 3 is 2.78 bits per heavy atom. The minimum atomic E-state index is -4.29. The van der Waals surface area contributed by atoms with Crippen molar-refractivity contribution in [3.8, 4) is 0 Å². The van der Waals surface area contributed by atoms with Gasteiger partial charge in [0.05, 0.1) is 0 Å². The molecule has 0 radical (unpaired) electrons. The maximum absolute atomic E-state index is 12.8. The van der Waals surface area contributed by atoms with Crippen LogP contribution in [-0.4, -0.2) is 30.3 Å². The summed E-state index contributed by atoms with van der Waals surface area (Å²) in [4.78, 5) is 8.87. The maximum Gasteiger partial charge on any atom is 0.406 e. The van der Waals surface area contributed by atoms with Gasteiger partial charge >= 0.3 is 6.18 Å². The third-order valence-electron chi connectivity index (χ3n) is 4.91. The van der Waals surface area contributed by atoms with Gasteiger partial charge in [-0.15, -0.1) is 0 Å². The van der Waals surface area contributed by atoms with Gasteiger partial charge in [-0.3, -0.25) is 0 Å². The van der Waals surface area contributed by atoms with Crippen molar-refractivity contribution in [1.29, 1.82) is 0 Å². The van der Waals surface area contributed by atoms with Crippen molar-refractivity contribution in [2.45, 2.75) is 31.0 Å². The van der Waals surface area contributed by atoms with E-state index < -0.39 is 12.7 Å². The molecule has 0 spiro atoms. The van der Waals surface area contributed by atoms with E-state index in [0.717, 1.165) is 27.9 Å². The molecule has 0 N–H and O–H groups in total. The molecule has 4 aromatic rings. The molecule has 2 atom stereocenters. The number of alkyl halides is 3. The van der Waals surface area contributed by atoms with E-state index in [0.29, 0.717) is 16.2 Å². The summed E-state index contributed by atoms with van der Waals surface area (Å²) in [7, 11) is 0. The molecular weight excluding hydrogens is 379 g/mol. The fourth-order valence-electron chi connectivity index (χ4n) is 3.65. The van der Waals surface area contributed by atoms with E-state index in [1.165, 1.54) is 6.20 Å². The lowest BCUT2D eigenvalue weighted by Gasteiger charge is -2.09. The Morgan fingerprint density at radius 1 is 1.11 bits per heavy atom. The van der Waals surface area contributed by atoms with Crippen molar-refractivity contribution >= 4 is 28.3 Å². The first-order chi connectivity index (χ1) is 12.9. The largest absolute Gasteiger partial charge is 0.406 e. The lowest BCUT2D eigenvalue weighted by atomic mass is 10.1. The van der Waals surface area contributed by atoms with Gasteiger partial charge in [0, 0.05) is 41.2 Å². The fourth-order valence-corrected chi connectivity index (χ4v) is 3.85. The first kappa shape index (κ1) is 16.6. The monoisotopic (exact) mass is 391 g/mol. The number of fused-ring (bicyclic) bond motifs is 2. The Labute approximate surface area is 156 Å². The zero-order chi connectivity index (χ0) is 18.8. The first-order valence-electron chi connectivity index (χ1n) is 8.41. The van der Waals surface area contributed by atoms with Crippen LogP contribution in [0.5, 0.6) is 0 Å². The molecule has 1 fully saturated rings. The van der Waals surface area contributed by atoms with E-state index in [4.69, 9.17) is 11.6 Å². The van der Waals surface area contributed by atoms with Crippen LogP contribution in [0.15, 0.2) is 42.9 Å². The number of hydrogen-bond acceptors (Lipinski definition) is 3. The topological polar surface area (TPSA) is 48.0 Å². The van der Waals surface area contributed by atoms with Gasteiger partial charge in [0.15, 0.2) is 5.65 Å². The predicted octanol–water partition coefficient (Wildman–Crippen LogP) is 4.57. The number of aromatic nitrogens is 5. The molecule has 9 heteroatoms. The van der Waals surface area contributed by atoms with Crippen LogP contribution in [0.4, 0.5) is 13.2 Å². The second kappa shape index (κ2) is 5.69. The number of nitrogens with zero attached hydrogens (tertiary/aromatic N) is 5. The standard InChI is InChI=1S/C18H13ClF3N5/c19-15-8-13(17-23-4-6-27(17)25-15)11-7-12(11)14-2-1-10-3-5-26(16(10)24-14)9-18(20,21)22/h1-6,8,11-12H,7,9H2/t11-,12?/m0/s1. The van der Waals surface area contributed by atoms with Crippen molar-refractivity contribution in [3.05, 3.63) is 59.3 Å². The highest BCUT2D eigenvalue weighted by Crippen LogP contribution is 2.55. The number of pyridine rings is 1. The van der Waals surface area contributed by atoms with Crippen LogP contribution in [0.1, 0.15) is 29.5 Å². The molecule has 4 heterocycles.